The van der Waals surface area contributed by atoms with Gasteiger partial charge in [0.25, 0.3) is 0 Å². The zero-order valence-corrected chi connectivity index (χ0v) is 13.2. The van der Waals surface area contributed by atoms with Crippen molar-refractivity contribution in [2.24, 2.45) is 5.73 Å². The number of nitrogens with one attached hydrogen (secondary N) is 1. The molecule has 0 aliphatic carbocycles. The van der Waals surface area contributed by atoms with Crippen LogP contribution in [0.5, 0.6) is 0 Å². The third-order valence-electron chi connectivity index (χ3n) is 4.34. The number of carbonyl (C=O) groups excluding carboxylic acids is 1. The van der Waals surface area contributed by atoms with Gasteiger partial charge in [0.1, 0.15) is 0 Å². The molecule has 1 saturated heterocycles. The van der Waals surface area contributed by atoms with E-state index in [1.54, 1.807) is 0 Å². The fourth-order valence-corrected chi connectivity index (χ4v) is 3.10. The third-order valence-corrected chi connectivity index (χ3v) is 4.34. The summed E-state index contributed by atoms with van der Waals surface area (Å²) in [5.41, 5.74) is 8.39. The lowest BCUT2D eigenvalue weighted by Gasteiger charge is -2.35. The van der Waals surface area contributed by atoms with Gasteiger partial charge in [-0.25, -0.2) is 0 Å². The molecule has 21 heavy (non-hydrogen) atoms. The van der Waals surface area contributed by atoms with Crippen LogP contribution in [0.25, 0.3) is 0 Å². The minimum atomic E-state index is -0.353. The zero-order valence-electron chi connectivity index (χ0n) is 13.2. The first-order valence-electron chi connectivity index (χ1n) is 7.96. The molecule has 2 rings (SSSR count). The molecule has 4 nitrogen and oxygen atoms in total. The molecular formula is C17H27N3O. The number of piperidine rings is 1. The lowest BCUT2D eigenvalue weighted by Crippen LogP contribution is -2.43. The van der Waals surface area contributed by atoms with Gasteiger partial charge in [0.05, 0.1) is 0 Å². The third kappa shape index (κ3) is 4.29. The fourth-order valence-electron chi connectivity index (χ4n) is 3.10. The van der Waals surface area contributed by atoms with Crippen LogP contribution >= 0.6 is 0 Å². The molecule has 0 spiro atoms. The summed E-state index contributed by atoms with van der Waals surface area (Å²) < 4.78 is 0. The molecule has 116 valence electrons. The average molecular weight is 289 g/mol. The van der Waals surface area contributed by atoms with Gasteiger partial charge in [0.15, 0.2) is 0 Å². The number of carbonyl (C=O) groups is 1. The van der Waals surface area contributed by atoms with Gasteiger partial charge in [0, 0.05) is 18.2 Å². The quantitative estimate of drug-likeness (QED) is 0.843. The Morgan fingerprint density at radius 1 is 1.38 bits per heavy atom. The molecule has 3 N–H and O–H groups in total. The number of rotatable bonds is 6. The highest BCUT2D eigenvalue weighted by Gasteiger charge is 2.21. The Hall–Kier alpha value is -1.39. The summed E-state index contributed by atoms with van der Waals surface area (Å²) in [5.74, 6) is -0.353. The van der Waals surface area contributed by atoms with Gasteiger partial charge in [0.2, 0.25) is 5.91 Å². The summed E-state index contributed by atoms with van der Waals surface area (Å²) in [6.07, 6.45) is 3.61. The molecule has 1 aromatic carbocycles. The maximum atomic E-state index is 11.2. The van der Waals surface area contributed by atoms with Crippen molar-refractivity contribution in [1.82, 2.24) is 10.2 Å². The zero-order chi connectivity index (χ0) is 15.2. The Balaban J connectivity index is 2.10. The number of nitrogens with zero attached hydrogens (tertiary/aromatic N) is 1. The molecule has 4 heteroatoms. The van der Waals surface area contributed by atoms with E-state index in [1.807, 2.05) is 12.1 Å². The van der Waals surface area contributed by atoms with Gasteiger partial charge in [-0.1, -0.05) is 13.0 Å². The van der Waals surface area contributed by atoms with Gasteiger partial charge in [-0.3, -0.25) is 9.69 Å². The summed E-state index contributed by atoms with van der Waals surface area (Å²) in [5, 5.41) is 3.43. The van der Waals surface area contributed by atoms with E-state index in [1.165, 1.54) is 24.8 Å². The summed E-state index contributed by atoms with van der Waals surface area (Å²) in [6, 6.07) is 6.47. The van der Waals surface area contributed by atoms with Crippen LogP contribution in [-0.4, -0.2) is 36.5 Å². The van der Waals surface area contributed by atoms with E-state index in [0.29, 0.717) is 11.6 Å². The molecule has 1 heterocycles. The second kappa shape index (κ2) is 7.57. The minimum absolute atomic E-state index is 0.353. The maximum absolute atomic E-state index is 11.2. The number of hydrogen-bond donors (Lipinski definition) is 2. The molecule has 0 aromatic heterocycles. The summed E-state index contributed by atoms with van der Waals surface area (Å²) in [7, 11) is 0. The van der Waals surface area contributed by atoms with Crippen molar-refractivity contribution in [3.8, 4) is 0 Å². The number of benzene rings is 1. The van der Waals surface area contributed by atoms with Crippen molar-refractivity contribution < 1.29 is 4.79 Å². The van der Waals surface area contributed by atoms with Crippen LogP contribution in [0.2, 0.25) is 0 Å². The highest BCUT2D eigenvalue weighted by atomic mass is 16.1. The first kappa shape index (κ1) is 16.0. The molecule has 0 saturated carbocycles. The van der Waals surface area contributed by atoms with Crippen LogP contribution in [0.1, 0.15) is 47.7 Å². The first-order chi connectivity index (χ1) is 10.1. The second-order valence-electron chi connectivity index (χ2n) is 5.96. The van der Waals surface area contributed by atoms with Crippen LogP contribution in [0.4, 0.5) is 0 Å². The molecule has 0 radical (unpaired) electrons. The van der Waals surface area contributed by atoms with Crippen LogP contribution < -0.4 is 11.1 Å². The number of nitrogens with two attached hydrogens (primary N) is 1. The number of hydrogen-bond acceptors (Lipinski definition) is 3. The van der Waals surface area contributed by atoms with Crippen LogP contribution in [0, 0.1) is 6.92 Å². The Labute approximate surface area is 127 Å². The second-order valence-corrected chi connectivity index (χ2v) is 5.96. The van der Waals surface area contributed by atoms with Gasteiger partial charge in [-0.15, -0.1) is 0 Å². The highest BCUT2D eigenvalue weighted by Crippen LogP contribution is 2.19. The molecule has 0 bridgehead atoms. The fraction of sp³-hybridized carbons (Fsp3) is 0.588. The van der Waals surface area contributed by atoms with E-state index in [0.717, 1.165) is 31.7 Å². The molecule has 0 unspecified atom stereocenters. The van der Waals surface area contributed by atoms with Crippen LogP contribution in [-0.2, 0) is 6.54 Å². The molecule has 1 aliphatic rings. The van der Waals surface area contributed by atoms with Crippen molar-refractivity contribution >= 4 is 5.91 Å². The molecular weight excluding hydrogens is 262 g/mol. The van der Waals surface area contributed by atoms with E-state index in [4.69, 9.17) is 5.73 Å². The van der Waals surface area contributed by atoms with E-state index < -0.39 is 0 Å². The van der Waals surface area contributed by atoms with Gasteiger partial charge in [-0.2, -0.15) is 0 Å². The normalized spacial score (nSPS) is 16.3. The van der Waals surface area contributed by atoms with Crippen LogP contribution in [0.15, 0.2) is 18.2 Å². The monoisotopic (exact) mass is 289 g/mol. The number of amides is 1. The van der Waals surface area contributed by atoms with Crippen LogP contribution in [0.3, 0.4) is 0 Å². The van der Waals surface area contributed by atoms with Crippen molar-refractivity contribution in [2.45, 2.75) is 45.7 Å². The number of aryl methyl sites for hydroxylation is 1. The van der Waals surface area contributed by atoms with Crippen molar-refractivity contribution in [2.75, 3.05) is 19.6 Å². The average Bonchev–Trinajstić information content (AvgIpc) is 2.49. The van der Waals surface area contributed by atoms with Crippen molar-refractivity contribution in [1.29, 1.82) is 0 Å². The standard InChI is InChI=1S/C17H27N3O/c1-3-10-20(16-6-8-19-9-7-16)12-15-5-4-14(17(18)21)11-13(15)2/h4-5,11,16,19H,3,6-10,12H2,1-2H3,(H2,18,21). The van der Waals surface area contributed by atoms with Gasteiger partial charge < -0.3 is 11.1 Å². The van der Waals surface area contributed by atoms with E-state index in [-0.39, 0.29) is 5.91 Å². The summed E-state index contributed by atoms with van der Waals surface area (Å²) >= 11 is 0. The van der Waals surface area contributed by atoms with E-state index in [9.17, 15) is 4.79 Å². The van der Waals surface area contributed by atoms with Gasteiger partial charge in [-0.05, 0) is 69.1 Å². The predicted molar refractivity (Wildman–Crippen MR) is 86.3 cm³/mol. The lowest BCUT2D eigenvalue weighted by atomic mass is 10.0. The highest BCUT2D eigenvalue weighted by molar-refractivity contribution is 5.93. The van der Waals surface area contributed by atoms with E-state index >= 15 is 0 Å². The van der Waals surface area contributed by atoms with Gasteiger partial charge >= 0.3 is 0 Å². The van der Waals surface area contributed by atoms with E-state index in [2.05, 4.69) is 30.1 Å². The molecule has 1 amide bonds. The Morgan fingerprint density at radius 3 is 2.67 bits per heavy atom. The Morgan fingerprint density at radius 2 is 2.10 bits per heavy atom. The molecule has 1 aliphatic heterocycles. The van der Waals surface area contributed by atoms with Crippen molar-refractivity contribution in [3.05, 3.63) is 34.9 Å². The molecule has 1 aromatic rings. The van der Waals surface area contributed by atoms with Crippen molar-refractivity contribution in [3.63, 3.8) is 0 Å². The summed E-state index contributed by atoms with van der Waals surface area (Å²) in [4.78, 5) is 13.8. The smallest absolute Gasteiger partial charge is 0.248 e. The summed E-state index contributed by atoms with van der Waals surface area (Å²) in [6.45, 7) is 8.62. The first-order valence-corrected chi connectivity index (χ1v) is 7.96. The minimum Gasteiger partial charge on any atom is -0.366 e. The lowest BCUT2D eigenvalue weighted by molar-refractivity contribution is 0.1000. The Bertz CT molecular complexity index is 481. The topological polar surface area (TPSA) is 58.4 Å². The number of primary amides is 1. The largest absolute Gasteiger partial charge is 0.366 e. The maximum Gasteiger partial charge on any atom is 0.248 e. The molecule has 0 atom stereocenters. The predicted octanol–water partition coefficient (Wildman–Crippen LogP) is 2.06. The molecule has 1 fully saturated rings. The Kier molecular flexibility index (Phi) is 5.76. The SMILES string of the molecule is CCCN(Cc1ccc(C(N)=O)cc1C)C1CCNCC1.